The van der Waals surface area contributed by atoms with Crippen LogP contribution >= 0.6 is 11.6 Å². The van der Waals surface area contributed by atoms with Crippen molar-refractivity contribution in [1.29, 1.82) is 0 Å². The highest BCUT2D eigenvalue weighted by molar-refractivity contribution is 6.31. The summed E-state index contributed by atoms with van der Waals surface area (Å²) in [5.41, 5.74) is 2.23. The summed E-state index contributed by atoms with van der Waals surface area (Å²) in [6.45, 7) is 4.22. The van der Waals surface area contributed by atoms with Crippen molar-refractivity contribution in [3.8, 4) is 17.1 Å². The van der Waals surface area contributed by atoms with E-state index in [1.807, 2.05) is 38.1 Å². The molecule has 0 amide bonds. The summed E-state index contributed by atoms with van der Waals surface area (Å²) in [4.78, 5) is 12.7. The van der Waals surface area contributed by atoms with Gasteiger partial charge in [0.15, 0.2) is 5.76 Å². The molecule has 3 rings (SSSR count). The Labute approximate surface area is 133 Å². The Hall–Kier alpha value is -2.26. The van der Waals surface area contributed by atoms with Crippen molar-refractivity contribution in [2.75, 3.05) is 6.61 Å². The van der Waals surface area contributed by atoms with Gasteiger partial charge in [-0.3, -0.25) is 4.79 Å². The number of benzene rings is 2. The van der Waals surface area contributed by atoms with Gasteiger partial charge < -0.3 is 9.15 Å². The largest absolute Gasteiger partial charge is 0.487 e. The van der Waals surface area contributed by atoms with Crippen LogP contribution in [-0.4, -0.2) is 6.61 Å². The molecule has 0 saturated heterocycles. The van der Waals surface area contributed by atoms with E-state index in [9.17, 15) is 4.79 Å². The number of aryl methyl sites for hydroxylation is 1. The Morgan fingerprint density at radius 2 is 1.86 bits per heavy atom. The number of hydrogen-bond acceptors (Lipinski definition) is 3. The molecule has 1 heterocycles. The molecule has 3 nitrogen and oxygen atoms in total. The molecule has 2 aromatic carbocycles. The van der Waals surface area contributed by atoms with E-state index in [2.05, 4.69) is 0 Å². The van der Waals surface area contributed by atoms with Crippen molar-refractivity contribution in [2.45, 2.75) is 13.8 Å². The first-order chi connectivity index (χ1) is 10.6. The number of rotatable bonds is 3. The minimum atomic E-state index is -0.207. The van der Waals surface area contributed by atoms with E-state index in [0.717, 1.165) is 11.1 Å². The van der Waals surface area contributed by atoms with E-state index in [0.29, 0.717) is 28.4 Å². The van der Waals surface area contributed by atoms with E-state index in [-0.39, 0.29) is 11.2 Å². The lowest BCUT2D eigenvalue weighted by Gasteiger charge is -2.10. The van der Waals surface area contributed by atoms with Crippen LogP contribution in [0, 0.1) is 6.92 Å². The highest BCUT2D eigenvalue weighted by Gasteiger charge is 2.17. The predicted molar refractivity (Wildman–Crippen MR) is 88.8 cm³/mol. The van der Waals surface area contributed by atoms with Crippen LogP contribution in [0.15, 0.2) is 51.7 Å². The Morgan fingerprint density at radius 3 is 2.55 bits per heavy atom. The average molecular weight is 315 g/mol. The third-order valence-corrected chi connectivity index (χ3v) is 3.65. The van der Waals surface area contributed by atoms with Gasteiger partial charge in [0.25, 0.3) is 0 Å². The molecule has 0 spiro atoms. The van der Waals surface area contributed by atoms with Gasteiger partial charge in [-0.15, -0.1) is 0 Å². The maximum Gasteiger partial charge on any atom is 0.235 e. The molecule has 0 bridgehead atoms. The zero-order valence-electron chi connectivity index (χ0n) is 12.4. The second-order valence-electron chi connectivity index (χ2n) is 5.03. The third kappa shape index (κ3) is 2.60. The van der Waals surface area contributed by atoms with Crippen LogP contribution in [0.4, 0.5) is 0 Å². The Balaban J connectivity index is 2.32. The monoisotopic (exact) mass is 314 g/mol. The van der Waals surface area contributed by atoms with Gasteiger partial charge in [0, 0.05) is 10.6 Å². The van der Waals surface area contributed by atoms with Crippen molar-refractivity contribution in [3.05, 3.63) is 63.3 Å². The molecular weight excluding hydrogens is 300 g/mol. The first-order valence-corrected chi connectivity index (χ1v) is 7.44. The van der Waals surface area contributed by atoms with E-state index >= 15 is 0 Å². The summed E-state index contributed by atoms with van der Waals surface area (Å²) in [6.07, 6.45) is 0. The van der Waals surface area contributed by atoms with E-state index in [4.69, 9.17) is 20.8 Å². The van der Waals surface area contributed by atoms with Gasteiger partial charge in [-0.25, -0.2) is 0 Å². The lowest BCUT2D eigenvalue weighted by Crippen LogP contribution is -2.09. The van der Waals surface area contributed by atoms with Gasteiger partial charge in [0.05, 0.1) is 12.0 Å². The molecule has 112 valence electrons. The molecule has 0 aliphatic carbocycles. The smallest absolute Gasteiger partial charge is 0.235 e. The molecule has 0 aliphatic heterocycles. The molecule has 0 atom stereocenters. The number of halogens is 1. The molecule has 0 aliphatic rings. The maximum atomic E-state index is 12.7. The van der Waals surface area contributed by atoms with Crippen molar-refractivity contribution in [3.63, 3.8) is 0 Å². The van der Waals surface area contributed by atoms with Crippen LogP contribution in [0.1, 0.15) is 12.5 Å². The van der Waals surface area contributed by atoms with E-state index in [1.54, 1.807) is 18.2 Å². The van der Waals surface area contributed by atoms with Gasteiger partial charge in [0.2, 0.25) is 11.2 Å². The molecule has 0 N–H and O–H groups in total. The van der Waals surface area contributed by atoms with Gasteiger partial charge in [-0.2, -0.15) is 0 Å². The van der Waals surface area contributed by atoms with Crippen LogP contribution < -0.4 is 10.2 Å². The highest BCUT2D eigenvalue weighted by Crippen LogP contribution is 2.31. The summed E-state index contributed by atoms with van der Waals surface area (Å²) in [5.74, 6) is 0.669. The van der Waals surface area contributed by atoms with Crippen LogP contribution in [0.3, 0.4) is 0 Å². The number of ether oxygens (including phenoxy) is 1. The zero-order valence-corrected chi connectivity index (χ0v) is 13.1. The Bertz CT molecular complexity index is 879. The second-order valence-corrected chi connectivity index (χ2v) is 5.47. The minimum absolute atomic E-state index is 0.207. The Morgan fingerprint density at radius 1 is 1.14 bits per heavy atom. The maximum absolute atomic E-state index is 12.7. The van der Waals surface area contributed by atoms with Gasteiger partial charge >= 0.3 is 0 Å². The minimum Gasteiger partial charge on any atom is -0.487 e. The summed E-state index contributed by atoms with van der Waals surface area (Å²) < 4.78 is 11.5. The average Bonchev–Trinajstić information content (AvgIpc) is 2.51. The van der Waals surface area contributed by atoms with Crippen LogP contribution in [-0.2, 0) is 0 Å². The summed E-state index contributed by atoms with van der Waals surface area (Å²) in [5, 5.41) is 0.914. The van der Waals surface area contributed by atoms with Crippen molar-refractivity contribution in [1.82, 2.24) is 0 Å². The molecule has 3 aromatic rings. The SMILES string of the molecule is CCOc1c(-c2ccc(C)cc2)oc2ccc(Cl)cc2c1=O. The van der Waals surface area contributed by atoms with Crippen molar-refractivity contribution < 1.29 is 9.15 Å². The van der Waals surface area contributed by atoms with Gasteiger partial charge in [-0.05, 0) is 32.0 Å². The van der Waals surface area contributed by atoms with Gasteiger partial charge in [0.1, 0.15) is 5.58 Å². The van der Waals surface area contributed by atoms with Crippen molar-refractivity contribution >= 4 is 22.6 Å². The third-order valence-electron chi connectivity index (χ3n) is 3.41. The first kappa shape index (κ1) is 14.7. The van der Waals surface area contributed by atoms with E-state index < -0.39 is 0 Å². The van der Waals surface area contributed by atoms with Crippen LogP contribution in [0.25, 0.3) is 22.3 Å². The lowest BCUT2D eigenvalue weighted by atomic mass is 10.1. The van der Waals surface area contributed by atoms with Crippen LogP contribution in [0.5, 0.6) is 5.75 Å². The lowest BCUT2D eigenvalue weighted by molar-refractivity contribution is 0.330. The molecule has 0 saturated carbocycles. The first-order valence-electron chi connectivity index (χ1n) is 7.06. The number of hydrogen-bond donors (Lipinski definition) is 0. The fourth-order valence-electron chi connectivity index (χ4n) is 2.32. The quantitative estimate of drug-likeness (QED) is 0.695. The normalized spacial score (nSPS) is 10.9. The molecular formula is C18H15ClO3. The fraction of sp³-hybridized carbons (Fsp3) is 0.167. The summed E-state index contributed by atoms with van der Waals surface area (Å²) in [7, 11) is 0. The highest BCUT2D eigenvalue weighted by atomic mass is 35.5. The number of fused-ring (bicyclic) bond motifs is 1. The van der Waals surface area contributed by atoms with Crippen LogP contribution in [0.2, 0.25) is 5.02 Å². The molecule has 22 heavy (non-hydrogen) atoms. The van der Waals surface area contributed by atoms with Crippen molar-refractivity contribution in [2.24, 2.45) is 0 Å². The standard InChI is InChI=1S/C18H15ClO3/c1-3-21-18-16(20)14-10-13(19)8-9-15(14)22-17(18)12-6-4-11(2)5-7-12/h4-10H,3H2,1-2H3. The topological polar surface area (TPSA) is 39.4 Å². The molecule has 0 fully saturated rings. The van der Waals surface area contributed by atoms with Gasteiger partial charge in [-0.1, -0.05) is 41.4 Å². The summed E-state index contributed by atoms with van der Waals surface area (Å²) in [6, 6.07) is 12.8. The fourth-order valence-corrected chi connectivity index (χ4v) is 2.49. The molecule has 0 radical (unpaired) electrons. The molecule has 0 unspecified atom stereocenters. The molecule has 4 heteroatoms. The second kappa shape index (κ2) is 5.85. The zero-order chi connectivity index (χ0) is 15.7. The summed E-state index contributed by atoms with van der Waals surface area (Å²) >= 11 is 5.97. The van der Waals surface area contributed by atoms with E-state index in [1.165, 1.54) is 0 Å². The molecule has 1 aromatic heterocycles. The Kier molecular flexibility index (Phi) is 3.90. The predicted octanol–water partition coefficient (Wildman–Crippen LogP) is 4.82.